The van der Waals surface area contributed by atoms with Gasteiger partial charge in [0.15, 0.2) is 5.82 Å². The van der Waals surface area contributed by atoms with Gasteiger partial charge < -0.3 is 15.5 Å². The molecule has 1 amide bonds. The number of hydrogen-bond acceptors (Lipinski definition) is 6. The largest absolute Gasteiger partial charge is 0.497 e. The van der Waals surface area contributed by atoms with Crippen LogP contribution in [0.2, 0.25) is 10.0 Å². The minimum Gasteiger partial charge on any atom is -0.497 e. The van der Waals surface area contributed by atoms with Gasteiger partial charge in [0, 0.05) is 22.2 Å². The Bertz CT molecular complexity index is 1070. The number of thioether (sulfide) groups is 1. The van der Waals surface area contributed by atoms with Gasteiger partial charge in [-0.3, -0.25) is 4.79 Å². The molecule has 1 aliphatic rings. The number of nitrogens with zero attached hydrogens (tertiary/aromatic N) is 3. The molecule has 0 saturated heterocycles. The molecular formula is C21H21Cl2N5O2S. The average molecular weight is 478 g/mol. The van der Waals surface area contributed by atoms with Crippen LogP contribution in [0.1, 0.15) is 30.8 Å². The zero-order valence-corrected chi connectivity index (χ0v) is 19.3. The highest BCUT2D eigenvalue weighted by Crippen LogP contribution is 2.38. The lowest BCUT2D eigenvalue weighted by Crippen LogP contribution is -2.41. The van der Waals surface area contributed by atoms with Crippen molar-refractivity contribution in [2.75, 3.05) is 17.9 Å². The highest BCUT2D eigenvalue weighted by atomic mass is 35.5. The first kappa shape index (κ1) is 21.8. The van der Waals surface area contributed by atoms with Gasteiger partial charge in [0.2, 0.25) is 11.1 Å². The van der Waals surface area contributed by atoms with Gasteiger partial charge in [-0.25, -0.2) is 4.68 Å². The Hall–Kier alpha value is -2.42. The van der Waals surface area contributed by atoms with E-state index in [1.165, 1.54) is 11.8 Å². The van der Waals surface area contributed by atoms with E-state index in [1.54, 1.807) is 25.3 Å². The highest BCUT2D eigenvalue weighted by Gasteiger charge is 2.37. The number of nitrogens with one attached hydrogen (secondary N) is 2. The van der Waals surface area contributed by atoms with E-state index in [1.807, 2.05) is 28.9 Å². The molecule has 31 heavy (non-hydrogen) atoms. The lowest BCUT2D eigenvalue weighted by Gasteiger charge is -2.33. The fourth-order valence-corrected chi connectivity index (χ4v) is 5.01. The SMILES string of the molecule is CCCc1nnc2n1NC(c1ccc(OC)cc1)C(C(=O)Nc1cc(Cl)cc(Cl)c1)S2. The summed E-state index contributed by atoms with van der Waals surface area (Å²) in [5.74, 6) is 1.39. The van der Waals surface area contributed by atoms with Crippen molar-refractivity contribution in [3.63, 3.8) is 0 Å². The second kappa shape index (κ2) is 9.38. The van der Waals surface area contributed by atoms with Crippen LogP contribution in [0.25, 0.3) is 0 Å². The molecule has 0 aliphatic carbocycles. The molecule has 0 saturated carbocycles. The van der Waals surface area contributed by atoms with E-state index in [-0.39, 0.29) is 11.9 Å². The monoisotopic (exact) mass is 477 g/mol. The first-order valence-electron chi connectivity index (χ1n) is 9.77. The summed E-state index contributed by atoms with van der Waals surface area (Å²) >= 11 is 13.5. The molecule has 0 bridgehead atoms. The van der Waals surface area contributed by atoms with Crippen LogP contribution in [0.4, 0.5) is 5.69 Å². The predicted octanol–water partition coefficient (Wildman–Crippen LogP) is 4.94. The molecule has 1 aliphatic heterocycles. The van der Waals surface area contributed by atoms with Gasteiger partial charge in [0.05, 0.1) is 13.2 Å². The third kappa shape index (κ3) is 4.76. The zero-order valence-electron chi connectivity index (χ0n) is 16.9. The van der Waals surface area contributed by atoms with E-state index in [4.69, 9.17) is 27.9 Å². The minimum atomic E-state index is -0.502. The normalized spacial score (nSPS) is 17.5. The molecule has 3 aromatic rings. The summed E-state index contributed by atoms with van der Waals surface area (Å²) in [5.41, 5.74) is 4.92. The van der Waals surface area contributed by atoms with Crippen LogP contribution in [-0.2, 0) is 11.2 Å². The smallest absolute Gasteiger partial charge is 0.240 e. The summed E-state index contributed by atoms with van der Waals surface area (Å²) in [7, 11) is 1.62. The van der Waals surface area contributed by atoms with Crippen molar-refractivity contribution in [2.45, 2.75) is 36.2 Å². The molecule has 0 radical (unpaired) electrons. The Labute approximate surface area is 194 Å². The fraction of sp³-hybridized carbons (Fsp3) is 0.286. The van der Waals surface area contributed by atoms with E-state index >= 15 is 0 Å². The molecule has 0 spiro atoms. The molecule has 7 nitrogen and oxygen atoms in total. The number of carbonyl (C=O) groups excluding carboxylic acids is 1. The molecule has 2 unspecified atom stereocenters. The topological polar surface area (TPSA) is 81.1 Å². The number of methoxy groups -OCH3 is 1. The van der Waals surface area contributed by atoms with Gasteiger partial charge in [-0.2, -0.15) is 0 Å². The molecule has 0 fully saturated rings. The Morgan fingerprint density at radius 2 is 1.90 bits per heavy atom. The second-order valence-electron chi connectivity index (χ2n) is 7.05. The van der Waals surface area contributed by atoms with Crippen LogP contribution in [0.3, 0.4) is 0 Å². The summed E-state index contributed by atoms with van der Waals surface area (Å²) in [5, 5.41) is 12.5. The molecule has 4 rings (SSSR count). The van der Waals surface area contributed by atoms with E-state index in [0.717, 1.165) is 30.0 Å². The maximum absolute atomic E-state index is 13.3. The van der Waals surface area contributed by atoms with Crippen molar-refractivity contribution in [1.29, 1.82) is 0 Å². The molecular weight excluding hydrogens is 457 g/mol. The van der Waals surface area contributed by atoms with Gasteiger partial charge in [0.25, 0.3) is 0 Å². The van der Waals surface area contributed by atoms with Crippen LogP contribution < -0.4 is 15.5 Å². The summed E-state index contributed by atoms with van der Waals surface area (Å²) in [6.07, 6.45) is 1.73. The standard InChI is InChI=1S/C21H21Cl2N5O2S/c1-3-4-17-25-26-21-28(17)27-18(12-5-7-16(30-2)8-6-12)19(31-21)20(29)24-15-10-13(22)9-14(23)11-15/h5-11,18-19,27H,3-4H2,1-2H3,(H,24,29). The second-order valence-corrected chi connectivity index (χ2v) is 9.03. The molecule has 162 valence electrons. The zero-order chi connectivity index (χ0) is 22.0. The number of hydrogen-bond donors (Lipinski definition) is 2. The third-order valence-electron chi connectivity index (χ3n) is 4.84. The molecule has 2 aromatic carbocycles. The number of benzene rings is 2. The number of amides is 1. The Kier molecular flexibility index (Phi) is 6.60. The van der Waals surface area contributed by atoms with Crippen molar-refractivity contribution in [1.82, 2.24) is 14.9 Å². The first-order valence-corrected chi connectivity index (χ1v) is 11.4. The summed E-state index contributed by atoms with van der Waals surface area (Å²) in [4.78, 5) is 13.3. The van der Waals surface area contributed by atoms with Crippen LogP contribution in [0.5, 0.6) is 5.75 Å². The Balaban J connectivity index is 1.66. The van der Waals surface area contributed by atoms with Crippen molar-refractivity contribution in [2.24, 2.45) is 0 Å². The fourth-order valence-electron chi connectivity index (χ4n) is 3.38. The average Bonchev–Trinajstić information content (AvgIpc) is 3.14. The van der Waals surface area contributed by atoms with Gasteiger partial charge in [0.1, 0.15) is 11.0 Å². The lowest BCUT2D eigenvalue weighted by molar-refractivity contribution is -0.116. The molecule has 2 N–H and O–H groups in total. The number of anilines is 1. The summed E-state index contributed by atoms with van der Waals surface area (Å²) < 4.78 is 7.15. The van der Waals surface area contributed by atoms with Crippen LogP contribution in [0.15, 0.2) is 47.6 Å². The Morgan fingerprint density at radius 1 is 1.19 bits per heavy atom. The number of carbonyl (C=O) groups is 1. The van der Waals surface area contributed by atoms with Crippen molar-refractivity contribution in [3.05, 3.63) is 63.9 Å². The van der Waals surface area contributed by atoms with Gasteiger partial charge in [-0.1, -0.05) is 54.0 Å². The van der Waals surface area contributed by atoms with Crippen molar-refractivity contribution >= 4 is 46.6 Å². The highest BCUT2D eigenvalue weighted by molar-refractivity contribution is 8.00. The number of aromatic nitrogens is 3. The number of fused-ring (bicyclic) bond motifs is 1. The van der Waals surface area contributed by atoms with Gasteiger partial charge in [-0.05, 0) is 42.3 Å². The van der Waals surface area contributed by atoms with E-state index in [2.05, 4.69) is 27.9 Å². The summed E-state index contributed by atoms with van der Waals surface area (Å²) in [6.45, 7) is 2.09. The molecule has 2 heterocycles. The van der Waals surface area contributed by atoms with Crippen LogP contribution >= 0.6 is 35.0 Å². The maximum atomic E-state index is 13.3. The van der Waals surface area contributed by atoms with Crippen molar-refractivity contribution < 1.29 is 9.53 Å². The van der Waals surface area contributed by atoms with Gasteiger partial charge >= 0.3 is 0 Å². The number of ether oxygens (including phenoxy) is 1. The van der Waals surface area contributed by atoms with Gasteiger partial charge in [-0.15, -0.1) is 10.2 Å². The number of halogens is 2. The number of rotatable bonds is 6. The molecule has 10 heteroatoms. The lowest BCUT2D eigenvalue weighted by atomic mass is 10.0. The van der Waals surface area contributed by atoms with Crippen molar-refractivity contribution in [3.8, 4) is 5.75 Å². The maximum Gasteiger partial charge on any atom is 0.240 e. The minimum absolute atomic E-state index is 0.192. The third-order valence-corrected chi connectivity index (χ3v) is 6.49. The predicted molar refractivity (Wildman–Crippen MR) is 124 cm³/mol. The quantitative estimate of drug-likeness (QED) is 0.522. The first-order chi connectivity index (χ1) is 15.0. The summed E-state index contributed by atoms with van der Waals surface area (Å²) in [6, 6.07) is 12.3. The number of aryl methyl sites for hydroxylation is 1. The van der Waals surface area contributed by atoms with E-state index in [9.17, 15) is 4.79 Å². The Morgan fingerprint density at radius 3 is 2.55 bits per heavy atom. The van der Waals surface area contributed by atoms with Crippen LogP contribution in [0, 0.1) is 0 Å². The molecule has 1 aromatic heterocycles. The van der Waals surface area contributed by atoms with E-state index < -0.39 is 5.25 Å². The van der Waals surface area contributed by atoms with Crippen LogP contribution in [-0.4, -0.2) is 33.1 Å². The molecule has 2 atom stereocenters. The van der Waals surface area contributed by atoms with E-state index in [0.29, 0.717) is 20.9 Å².